The largest absolute Gasteiger partial charge is 0.352 e. The van der Waals surface area contributed by atoms with Gasteiger partial charge in [-0.05, 0) is 68.1 Å². The fourth-order valence-corrected chi connectivity index (χ4v) is 4.64. The number of nitrogens with zero attached hydrogens (tertiary/aromatic N) is 1. The zero-order chi connectivity index (χ0) is 20.1. The summed E-state index contributed by atoms with van der Waals surface area (Å²) in [7, 11) is 0. The average molecular weight is 386 g/mol. The third-order valence-corrected chi connectivity index (χ3v) is 6.56. The predicted octanol–water partition coefficient (Wildman–Crippen LogP) is 3.34. The second-order valence-electron chi connectivity index (χ2n) is 8.71. The van der Waals surface area contributed by atoms with Crippen LogP contribution in [0.5, 0.6) is 0 Å². The summed E-state index contributed by atoms with van der Waals surface area (Å²) >= 11 is 0. The van der Waals surface area contributed by atoms with Crippen LogP contribution in [0.15, 0.2) is 24.3 Å². The zero-order valence-electron chi connectivity index (χ0n) is 17.6. The number of hydrogen-bond acceptors (Lipinski definition) is 3. The van der Waals surface area contributed by atoms with E-state index >= 15 is 0 Å². The van der Waals surface area contributed by atoms with Gasteiger partial charge in [-0.3, -0.25) is 14.9 Å². The third kappa shape index (κ3) is 4.57. The van der Waals surface area contributed by atoms with Crippen LogP contribution < -0.4 is 10.6 Å². The Morgan fingerprint density at radius 2 is 1.93 bits per heavy atom. The molecule has 0 aromatic heterocycles. The zero-order valence-corrected chi connectivity index (χ0v) is 17.6. The first kappa shape index (κ1) is 20.8. The third-order valence-electron chi connectivity index (χ3n) is 6.56. The van der Waals surface area contributed by atoms with Crippen LogP contribution in [0.1, 0.15) is 68.8 Å². The van der Waals surface area contributed by atoms with E-state index in [0.717, 1.165) is 49.6 Å². The lowest BCUT2D eigenvalue weighted by atomic mass is 9.76. The normalized spacial score (nSPS) is 24.9. The van der Waals surface area contributed by atoms with Crippen LogP contribution >= 0.6 is 0 Å². The molecular formula is C23H35N3O2. The molecule has 0 bridgehead atoms. The van der Waals surface area contributed by atoms with E-state index in [0.29, 0.717) is 18.7 Å². The van der Waals surface area contributed by atoms with Crippen LogP contribution in [0.3, 0.4) is 0 Å². The van der Waals surface area contributed by atoms with Gasteiger partial charge in [0.2, 0.25) is 5.91 Å². The van der Waals surface area contributed by atoms with E-state index in [1.165, 1.54) is 12.8 Å². The smallest absolute Gasteiger partial charge is 0.251 e. The van der Waals surface area contributed by atoms with Crippen molar-refractivity contribution in [1.82, 2.24) is 15.5 Å². The van der Waals surface area contributed by atoms with Gasteiger partial charge in [0.25, 0.3) is 5.91 Å². The quantitative estimate of drug-likeness (QED) is 0.757. The number of benzene rings is 1. The van der Waals surface area contributed by atoms with E-state index in [9.17, 15) is 9.59 Å². The summed E-state index contributed by atoms with van der Waals surface area (Å²) < 4.78 is 0. The van der Waals surface area contributed by atoms with Crippen LogP contribution in [-0.2, 0) is 11.2 Å². The Bertz CT molecular complexity index is 676. The summed E-state index contributed by atoms with van der Waals surface area (Å²) in [5.74, 6) is 1.69. The van der Waals surface area contributed by atoms with Crippen molar-refractivity contribution in [2.45, 2.75) is 65.0 Å². The predicted molar refractivity (Wildman–Crippen MR) is 112 cm³/mol. The maximum atomic E-state index is 12.5. The van der Waals surface area contributed by atoms with Gasteiger partial charge in [0, 0.05) is 18.7 Å². The monoisotopic (exact) mass is 385 g/mol. The summed E-state index contributed by atoms with van der Waals surface area (Å²) in [4.78, 5) is 26.7. The lowest BCUT2D eigenvalue weighted by Crippen LogP contribution is -2.55. The molecule has 0 atom stereocenters. The number of carbonyl (C=O) groups is 2. The van der Waals surface area contributed by atoms with Gasteiger partial charge < -0.3 is 10.2 Å². The molecule has 2 amide bonds. The van der Waals surface area contributed by atoms with Gasteiger partial charge in [-0.25, -0.2) is 0 Å². The molecular weight excluding hydrogens is 350 g/mol. The molecule has 0 radical (unpaired) electrons. The number of amides is 2. The van der Waals surface area contributed by atoms with Crippen molar-refractivity contribution in [2.75, 3.05) is 19.6 Å². The topological polar surface area (TPSA) is 61.4 Å². The molecule has 1 aromatic rings. The Kier molecular flexibility index (Phi) is 6.76. The van der Waals surface area contributed by atoms with Crippen molar-refractivity contribution in [3.05, 3.63) is 35.4 Å². The molecule has 1 heterocycles. The first-order valence-electron chi connectivity index (χ1n) is 10.9. The number of carbonyl (C=O) groups excluding carboxylic acids is 2. The van der Waals surface area contributed by atoms with E-state index in [2.05, 4.69) is 29.4 Å². The fraction of sp³-hybridized carbons (Fsp3) is 0.652. The second kappa shape index (κ2) is 9.08. The van der Waals surface area contributed by atoms with E-state index < -0.39 is 0 Å². The van der Waals surface area contributed by atoms with Crippen LogP contribution in [-0.4, -0.2) is 42.0 Å². The summed E-state index contributed by atoms with van der Waals surface area (Å²) in [5, 5.41) is 6.44. The lowest BCUT2D eigenvalue weighted by Gasteiger charge is -2.44. The molecule has 5 heteroatoms. The second-order valence-corrected chi connectivity index (χ2v) is 8.71. The molecule has 1 saturated heterocycles. The summed E-state index contributed by atoms with van der Waals surface area (Å²) in [6.07, 6.45) is 6.24. The molecule has 5 nitrogen and oxygen atoms in total. The molecule has 2 N–H and O–H groups in total. The van der Waals surface area contributed by atoms with Gasteiger partial charge in [0.1, 0.15) is 0 Å². The number of rotatable bonds is 7. The molecule has 1 aromatic carbocycles. The van der Waals surface area contributed by atoms with Crippen LogP contribution in [0.2, 0.25) is 0 Å². The van der Waals surface area contributed by atoms with Crippen molar-refractivity contribution >= 4 is 11.8 Å². The van der Waals surface area contributed by atoms with Crippen LogP contribution in [0.25, 0.3) is 0 Å². The molecule has 1 aliphatic heterocycles. The molecule has 1 spiro atoms. The van der Waals surface area contributed by atoms with Gasteiger partial charge in [0.05, 0.1) is 12.2 Å². The Labute approximate surface area is 169 Å². The van der Waals surface area contributed by atoms with Gasteiger partial charge in [-0.15, -0.1) is 0 Å². The summed E-state index contributed by atoms with van der Waals surface area (Å²) in [6.45, 7) is 8.55. The Hall–Kier alpha value is -1.88. The highest BCUT2D eigenvalue weighted by Crippen LogP contribution is 2.39. The van der Waals surface area contributed by atoms with Gasteiger partial charge in [-0.2, -0.15) is 0 Å². The minimum absolute atomic E-state index is 0.0202. The minimum atomic E-state index is -0.136. The highest BCUT2D eigenvalue weighted by Gasteiger charge is 2.46. The number of nitrogens with one attached hydrogen (secondary N) is 2. The fourth-order valence-electron chi connectivity index (χ4n) is 4.64. The van der Waals surface area contributed by atoms with Gasteiger partial charge in [0.15, 0.2) is 0 Å². The Morgan fingerprint density at radius 3 is 2.54 bits per heavy atom. The first-order chi connectivity index (χ1) is 13.4. The average Bonchev–Trinajstić information content (AvgIpc) is 3.00. The standard InChI is InChI=1S/C23H35N3O2/c1-4-14-24-22(28)20-7-5-18(6-8-20)11-15-26-21(27)16-25-23(26)12-9-19(10-13-23)17(2)3/h5-8,17,19,25H,4,9-16H2,1-3H3,(H,24,28). The Balaban J connectivity index is 1.58. The molecule has 2 fully saturated rings. The molecule has 0 unspecified atom stereocenters. The van der Waals surface area contributed by atoms with Crippen molar-refractivity contribution < 1.29 is 9.59 Å². The molecule has 1 aliphatic carbocycles. The van der Waals surface area contributed by atoms with Crippen molar-refractivity contribution in [3.63, 3.8) is 0 Å². The highest BCUT2D eigenvalue weighted by atomic mass is 16.2. The van der Waals surface area contributed by atoms with Crippen molar-refractivity contribution in [3.8, 4) is 0 Å². The molecule has 28 heavy (non-hydrogen) atoms. The molecule has 1 saturated carbocycles. The molecule has 3 rings (SSSR count). The van der Waals surface area contributed by atoms with Crippen molar-refractivity contribution in [1.29, 1.82) is 0 Å². The van der Waals surface area contributed by atoms with E-state index in [-0.39, 0.29) is 17.5 Å². The van der Waals surface area contributed by atoms with Crippen molar-refractivity contribution in [2.24, 2.45) is 11.8 Å². The van der Waals surface area contributed by atoms with Gasteiger partial charge in [-0.1, -0.05) is 32.9 Å². The number of hydrogen-bond donors (Lipinski definition) is 2. The first-order valence-corrected chi connectivity index (χ1v) is 10.9. The van der Waals surface area contributed by atoms with Gasteiger partial charge >= 0.3 is 0 Å². The molecule has 2 aliphatic rings. The minimum Gasteiger partial charge on any atom is -0.352 e. The maximum Gasteiger partial charge on any atom is 0.251 e. The van der Waals surface area contributed by atoms with Crippen LogP contribution in [0, 0.1) is 11.8 Å². The SMILES string of the molecule is CCCNC(=O)c1ccc(CCN2C(=O)CNC23CCC(C(C)C)CC3)cc1. The van der Waals surface area contributed by atoms with Crippen LogP contribution in [0.4, 0.5) is 0 Å². The van der Waals surface area contributed by atoms with E-state index in [4.69, 9.17) is 0 Å². The van der Waals surface area contributed by atoms with E-state index in [1.54, 1.807) is 0 Å². The summed E-state index contributed by atoms with van der Waals surface area (Å²) in [5.41, 5.74) is 1.72. The maximum absolute atomic E-state index is 12.5. The van der Waals surface area contributed by atoms with E-state index in [1.807, 2.05) is 31.2 Å². The Morgan fingerprint density at radius 1 is 1.25 bits per heavy atom. The summed E-state index contributed by atoms with van der Waals surface area (Å²) in [6, 6.07) is 7.79. The lowest BCUT2D eigenvalue weighted by molar-refractivity contribution is -0.131. The molecule has 154 valence electrons. The highest BCUT2D eigenvalue weighted by molar-refractivity contribution is 5.94.